The maximum absolute atomic E-state index is 9.10. The molecule has 0 aromatic carbocycles. The predicted octanol–water partition coefficient (Wildman–Crippen LogP) is 20.0. The van der Waals surface area contributed by atoms with Gasteiger partial charge in [-0.05, 0) is 189 Å². The summed E-state index contributed by atoms with van der Waals surface area (Å²) in [5.74, 6) is 6.49. The smallest absolute Gasteiger partial charge is 0.147 e. The lowest BCUT2D eigenvalue weighted by atomic mass is 9.80. The van der Waals surface area contributed by atoms with Crippen LogP contribution in [0.1, 0.15) is 311 Å². The molecule has 4 atom stereocenters. The molecule has 0 amide bonds. The van der Waals surface area contributed by atoms with E-state index in [2.05, 4.69) is 265 Å². The molecule has 0 bridgehead atoms. The monoisotopic (exact) mass is 1360 g/mol. The highest BCUT2D eigenvalue weighted by atomic mass is 32.1. The van der Waals surface area contributed by atoms with E-state index in [1.54, 1.807) is 6.92 Å². The van der Waals surface area contributed by atoms with Gasteiger partial charge in [0.05, 0.1) is 56.0 Å². The molecule has 540 valence electrons. The first-order valence-corrected chi connectivity index (χ1v) is 36.3. The minimum atomic E-state index is -0.394. The maximum atomic E-state index is 9.10. The van der Waals surface area contributed by atoms with E-state index in [1.165, 1.54) is 87.6 Å². The van der Waals surface area contributed by atoms with Gasteiger partial charge in [-0.3, -0.25) is 23.4 Å². The standard InChI is InChI=1S/4C9H16N2.C9H17NO.C8H17NO.2C8H13NS.C7H13N3/c1-6(2)9-7(3)10-11(5)8(9)4;1-6(2)9-7(3)8(4)11(5)10-9;1-6(2)9-7(3)8(4)10-11(9)5;1-6(2)11-9(5)7(3)8(4)10-11;1-6(2)9(5)7(3)8(4)10-11-9;1-5(2)8(9)6(3)7(4)10;1-5(2)8-6(3)9-7(4)10-8;1-5(2)8-9-6(3)7(4)10-8;1-5(2)7-8-6(3)9-10(7)4/h4*6H,1-5H3;6-7H,1-5H3;5-7,9-10H,1-4H3;3*5H,1-4H3. The number of thiazole rings is 2. The molecule has 8 rings (SSSR count). The zero-order chi connectivity index (χ0) is 74.5. The number of aryl methyl sites for hydroxylation is 12. The van der Waals surface area contributed by atoms with Crippen LogP contribution < -0.4 is 0 Å². The van der Waals surface area contributed by atoms with Crippen LogP contribution in [0.25, 0.3) is 0 Å². The van der Waals surface area contributed by atoms with Crippen molar-refractivity contribution in [1.82, 2.24) is 63.9 Å². The SMILES string of the molecule is CC(C)C(=N)C(C)C(C)O.CC1=NOC(C)(C(C)C)C1C.Cc1c(C(C)C)nn(C)c1C.Cc1nc(C(C)C)n(C)n1.Cc1nc(C(C)C)sc1C.Cc1nc(C)c(C(C)C)s1.Cc1nn(C(C)C)c(C)c1C.Cc1nn(C)c(C(C)C)c1C.Cc1nn(C)c(C)c1C(C)C. The van der Waals surface area contributed by atoms with Crippen LogP contribution in [-0.4, -0.2) is 92.1 Å². The summed E-state index contributed by atoms with van der Waals surface area (Å²) in [6.45, 7) is 77.9. The third kappa shape index (κ3) is 26.9. The third-order valence-corrected chi connectivity index (χ3v) is 20.7. The second kappa shape index (κ2) is 40.3. The number of aliphatic hydroxyl groups is 1. The van der Waals surface area contributed by atoms with Gasteiger partial charge >= 0.3 is 0 Å². The molecule has 0 spiro atoms. The summed E-state index contributed by atoms with van der Waals surface area (Å²) in [7, 11) is 7.92. The molecule has 0 saturated heterocycles. The van der Waals surface area contributed by atoms with Crippen molar-refractivity contribution in [2.75, 3.05) is 0 Å². The van der Waals surface area contributed by atoms with Crippen LogP contribution in [0.5, 0.6) is 0 Å². The molecule has 7 aromatic rings. The van der Waals surface area contributed by atoms with Crippen LogP contribution in [-0.2, 0) is 33.0 Å². The number of aliphatic hydroxyl groups excluding tert-OH is 1. The van der Waals surface area contributed by atoms with E-state index in [1.807, 2.05) is 104 Å². The lowest BCUT2D eigenvalue weighted by Gasteiger charge is -2.30. The number of hydrogen-bond acceptors (Lipinski definition) is 14. The largest absolute Gasteiger partial charge is 0.393 e. The summed E-state index contributed by atoms with van der Waals surface area (Å²) < 4.78 is 9.79. The first-order valence-electron chi connectivity index (χ1n) is 34.7. The minimum Gasteiger partial charge on any atom is -0.393 e. The van der Waals surface area contributed by atoms with Crippen LogP contribution in [0, 0.1) is 126 Å². The molecule has 8 heterocycles. The Labute approximate surface area is 587 Å². The number of nitrogens with zero attached hydrogens (tertiary/aromatic N) is 14. The number of nitrogens with one attached hydrogen (secondary N) is 1. The number of oxime groups is 1. The molecule has 7 aromatic heterocycles. The van der Waals surface area contributed by atoms with E-state index in [0.717, 1.165) is 28.7 Å². The normalized spacial score (nSPS) is 14.7. The Kier molecular flexibility index (Phi) is 37.9. The average Bonchev–Trinajstić information content (AvgIpc) is 1.70. The van der Waals surface area contributed by atoms with Crippen molar-refractivity contribution >= 4 is 34.1 Å². The van der Waals surface area contributed by atoms with Crippen LogP contribution >= 0.6 is 22.7 Å². The van der Waals surface area contributed by atoms with Gasteiger partial charge in [-0.25, -0.2) is 15.0 Å². The molecule has 0 saturated carbocycles. The predicted molar refractivity (Wildman–Crippen MR) is 408 cm³/mol. The second-order valence-electron chi connectivity index (χ2n) is 28.9. The van der Waals surface area contributed by atoms with E-state index in [4.69, 9.17) is 15.4 Å². The van der Waals surface area contributed by atoms with Gasteiger partial charge in [0, 0.05) is 96.1 Å². The number of rotatable bonds is 11. The number of hydrogen-bond donors (Lipinski definition) is 2. The zero-order valence-corrected chi connectivity index (χ0v) is 69.5. The molecule has 95 heavy (non-hydrogen) atoms. The fraction of sp³-hybridized carbons (Fsp3) is 0.711. The van der Waals surface area contributed by atoms with E-state index >= 15 is 0 Å². The molecule has 1 aliphatic rings. The Hall–Kier alpha value is -5.66. The highest BCUT2D eigenvalue weighted by molar-refractivity contribution is 7.12. The van der Waals surface area contributed by atoms with Gasteiger partial charge in [-0.15, -0.1) is 22.7 Å². The molecule has 0 aliphatic carbocycles. The number of aromatic nitrogens is 13. The van der Waals surface area contributed by atoms with Gasteiger partial charge in [0.2, 0.25) is 0 Å². The van der Waals surface area contributed by atoms with Crippen molar-refractivity contribution in [2.24, 2.45) is 57.0 Å². The molecular weight excluding hydrogens is 1220 g/mol. The maximum Gasteiger partial charge on any atom is 0.147 e. The Morgan fingerprint density at radius 3 is 1.20 bits per heavy atom. The Morgan fingerprint density at radius 2 is 1.02 bits per heavy atom. The third-order valence-electron chi connectivity index (χ3n) is 17.9. The van der Waals surface area contributed by atoms with Crippen molar-refractivity contribution < 1.29 is 9.94 Å². The fourth-order valence-electron chi connectivity index (χ4n) is 10.7. The van der Waals surface area contributed by atoms with Crippen LogP contribution in [0.2, 0.25) is 0 Å². The van der Waals surface area contributed by atoms with Crippen molar-refractivity contribution in [3.63, 3.8) is 0 Å². The summed E-state index contributed by atoms with van der Waals surface area (Å²) in [6.07, 6.45) is -0.394. The zero-order valence-electron chi connectivity index (χ0n) is 67.9. The van der Waals surface area contributed by atoms with E-state index in [0.29, 0.717) is 59.1 Å². The molecule has 0 fully saturated rings. The van der Waals surface area contributed by atoms with E-state index < -0.39 is 6.10 Å². The topological polar surface area (TPSA) is 193 Å². The van der Waals surface area contributed by atoms with E-state index in [9.17, 15) is 0 Å². The van der Waals surface area contributed by atoms with E-state index in [-0.39, 0.29) is 17.4 Å². The van der Waals surface area contributed by atoms with Gasteiger partial charge in [0.25, 0.3) is 0 Å². The van der Waals surface area contributed by atoms with Gasteiger partial charge in [0.1, 0.15) is 17.2 Å². The minimum absolute atomic E-state index is 0.000000000000000222. The summed E-state index contributed by atoms with van der Waals surface area (Å²) in [4.78, 5) is 21.2. The van der Waals surface area contributed by atoms with Crippen molar-refractivity contribution in [1.29, 1.82) is 5.41 Å². The van der Waals surface area contributed by atoms with Gasteiger partial charge in [-0.1, -0.05) is 130 Å². The molecule has 17 nitrogen and oxygen atoms in total. The average molecular weight is 1360 g/mol. The molecule has 2 N–H and O–H groups in total. The van der Waals surface area contributed by atoms with Gasteiger partial charge in [0.15, 0.2) is 0 Å². The van der Waals surface area contributed by atoms with Crippen LogP contribution in [0.4, 0.5) is 0 Å². The summed E-state index contributed by atoms with van der Waals surface area (Å²) in [5, 5.41) is 44.8. The van der Waals surface area contributed by atoms with Crippen LogP contribution in [0.3, 0.4) is 0 Å². The molecular formula is C76H137N15O2S2. The lowest BCUT2D eigenvalue weighted by molar-refractivity contribution is -0.0606. The van der Waals surface area contributed by atoms with Crippen LogP contribution in [0.15, 0.2) is 5.16 Å². The highest BCUT2D eigenvalue weighted by Crippen LogP contribution is 2.36. The Morgan fingerprint density at radius 1 is 0.505 bits per heavy atom. The van der Waals surface area contributed by atoms with Crippen molar-refractivity contribution in [3.8, 4) is 0 Å². The first kappa shape index (κ1) is 89.3. The molecule has 0 radical (unpaired) electrons. The van der Waals surface area contributed by atoms with Gasteiger partial charge < -0.3 is 15.4 Å². The van der Waals surface area contributed by atoms with Crippen molar-refractivity contribution in [2.45, 2.75) is 309 Å². The molecule has 4 unspecified atom stereocenters. The van der Waals surface area contributed by atoms with Crippen molar-refractivity contribution in [3.05, 3.63) is 111 Å². The summed E-state index contributed by atoms with van der Waals surface area (Å²) >= 11 is 3.62. The first-order chi connectivity index (χ1) is 43.4. The van der Waals surface area contributed by atoms with Gasteiger partial charge in [-0.2, -0.15) is 25.5 Å². The fourth-order valence-corrected chi connectivity index (χ4v) is 12.6. The Bertz CT molecular complexity index is 3250. The molecule has 1 aliphatic heterocycles. The summed E-state index contributed by atoms with van der Waals surface area (Å²) in [5.41, 5.74) is 19.3. The second-order valence-corrected chi connectivity index (χ2v) is 31.4. The quantitative estimate of drug-likeness (QED) is 0.118. The molecule has 19 heteroatoms. The lowest BCUT2D eigenvalue weighted by Crippen LogP contribution is -2.38. The highest BCUT2D eigenvalue weighted by Gasteiger charge is 2.43. The Balaban J connectivity index is 0.00000105. The summed E-state index contributed by atoms with van der Waals surface area (Å²) in [6, 6.07) is 0.474.